The van der Waals surface area contributed by atoms with Crippen LogP contribution < -0.4 is 9.62 Å². The number of hydrogen-bond donors (Lipinski definition) is 1. The van der Waals surface area contributed by atoms with Crippen molar-refractivity contribution in [1.29, 1.82) is 0 Å². The maximum atomic E-state index is 11.7. The van der Waals surface area contributed by atoms with Crippen molar-refractivity contribution in [2.75, 3.05) is 29.0 Å². The van der Waals surface area contributed by atoms with E-state index in [1.165, 1.54) is 28.3 Å². The minimum Gasteiger partial charge on any atom is -0.388 e. The first-order valence-electron chi connectivity index (χ1n) is 12.9. The van der Waals surface area contributed by atoms with E-state index in [-0.39, 0.29) is 0 Å². The number of pyridine rings is 1. The van der Waals surface area contributed by atoms with Crippen LogP contribution in [0.4, 0.5) is 11.4 Å². The molecule has 194 valence electrons. The van der Waals surface area contributed by atoms with Gasteiger partial charge in [-0.2, -0.15) is 0 Å². The van der Waals surface area contributed by atoms with Crippen molar-refractivity contribution in [3.8, 4) is 11.3 Å². The average Bonchev–Trinajstić information content (AvgIpc) is 2.94. The van der Waals surface area contributed by atoms with Crippen molar-refractivity contribution in [2.45, 2.75) is 40.0 Å². The minimum atomic E-state index is -0.893. The van der Waals surface area contributed by atoms with Gasteiger partial charge in [0.15, 0.2) is 0 Å². The van der Waals surface area contributed by atoms with Gasteiger partial charge < -0.3 is 5.32 Å². The summed E-state index contributed by atoms with van der Waals surface area (Å²) in [7, 11) is 1.04. The third-order valence-corrected chi connectivity index (χ3v) is 7.47. The average molecular weight is 516 g/mol. The van der Waals surface area contributed by atoms with E-state index >= 15 is 0 Å². The van der Waals surface area contributed by atoms with Crippen molar-refractivity contribution >= 4 is 39.4 Å². The number of hydrogen-bond acceptors (Lipinski definition) is 4. The van der Waals surface area contributed by atoms with Crippen LogP contribution in [0.2, 0.25) is 0 Å². The Kier molecular flexibility index (Phi) is 10.8. The van der Waals surface area contributed by atoms with Gasteiger partial charge in [0.25, 0.3) is 0 Å². The summed E-state index contributed by atoms with van der Waals surface area (Å²) in [5.41, 5.74) is 6.18. The molecule has 1 aromatic heterocycles. The smallest absolute Gasteiger partial charge is 0.150 e. The van der Waals surface area contributed by atoms with E-state index in [1.54, 1.807) is 12.1 Å². The summed E-state index contributed by atoms with van der Waals surface area (Å²) in [6.45, 7) is 7.21. The van der Waals surface area contributed by atoms with Crippen LogP contribution in [0.5, 0.6) is 0 Å². The highest BCUT2D eigenvalue weighted by Gasteiger charge is 2.17. The standard InChI is InChI=1S/C17H16N2.C11H13NO2S.C3H8/c1-12-7-8-14(18-2)11-16(12)17-15-6-4-3-5-13(15)9-10-19-17;13-9-10-3-5-11(6-4-10)12-7-1-2-8-15(12)14;1-3-2/h3-11,18H,1-2H3;3-6,9H,1-2,7-8H2;3H2,1-2H3. The normalized spacial score (nSPS) is 14.6. The molecule has 0 bridgehead atoms. The molecule has 3 aromatic carbocycles. The van der Waals surface area contributed by atoms with E-state index in [0.717, 1.165) is 48.5 Å². The second kappa shape index (κ2) is 14.3. The molecule has 1 aliphatic heterocycles. The summed E-state index contributed by atoms with van der Waals surface area (Å²) in [6, 6.07) is 24.0. The van der Waals surface area contributed by atoms with Crippen molar-refractivity contribution in [3.05, 3.63) is 90.1 Å². The Morgan fingerprint density at radius 1 is 1.00 bits per heavy atom. The van der Waals surface area contributed by atoms with Gasteiger partial charge in [-0.3, -0.25) is 14.1 Å². The second-order valence-electron chi connectivity index (χ2n) is 8.91. The lowest BCUT2D eigenvalue weighted by atomic mass is 9.99. The Balaban J connectivity index is 0.000000190. The molecule has 1 fully saturated rings. The molecule has 4 aromatic rings. The van der Waals surface area contributed by atoms with Gasteiger partial charge in [-0.05, 0) is 73.2 Å². The molecule has 2 heterocycles. The van der Waals surface area contributed by atoms with E-state index in [9.17, 15) is 9.00 Å². The molecule has 0 saturated carbocycles. The largest absolute Gasteiger partial charge is 0.388 e. The van der Waals surface area contributed by atoms with Gasteiger partial charge in [-0.15, -0.1) is 0 Å². The van der Waals surface area contributed by atoms with E-state index in [2.05, 4.69) is 79.6 Å². The van der Waals surface area contributed by atoms with Crippen LogP contribution in [0.25, 0.3) is 22.0 Å². The summed E-state index contributed by atoms with van der Waals surface area (Å²) in [5, 5.41) is 5.60. The topological polar surface area (TPSA) is 62.3 Å². The minimum absolute atomic E-state index is 0.654. The zero-order chi connectivity index (χ0) is 26.6. The van der Waals surface area contributed by atoms with E-state index in [1.807, 2.05) is 29.7 Å². The number of nitrogens with zero attached hydrogens (tertiary/aromatic N) is 2. The molecule has 37 heavy (non-hydrogen) atoms. The van der Waals surface area contributed by atoms with Crippen LogP contribution in [-0.4, -0.2) is 34.8 Å². The van der Waals surface area contributed by atoms with E-state index in [0.29, 0.717) is 5.56 Å². The maximum absolute atomic E-state index is 11.7. The second-order valence-corrected chi connectivity index (χ2v) is 10.4. The highest BCUT2D eigenvalue weighted by Crippen LogP contribution is 2.30. The van der Waals surface area contributed by atoms with Gasteiger partial charge >= 0.3 is 0 Å². The quantitative estimate of drug-likeness (QED) is 0.287. The number of fused-ring (bicyclic) bond motifs is 1. The molecule has 5 rings (SSSR count). The monoisotopic (exact) mass is 515 g/mol. The van der Waals surface area contributed by atoms with Crippen molar-refractivity contribution in [2.24, 2.45) is 0 Å². The van der Waals surface area contributed by atoms with Crippen molar-refractivity contribution in [1.82, 2.24) is 4.98 Å². The van der Waals surface area contributed by atoms with Gasteiger partial charge in [0, 0.05) is 53.4 Å². The molecular formula is C31H37N3O2S. The lowest BCUT2D eigenvalue weighted by molar-refractivity contribution is 0.112. The number of benzene rings is 3. The van der Waals surface area contributed by atoms with Crippen molar-refractivity contribution < 1.29 is 9.00 Å². The first kappa shape index (κ1) is 28.1. The van der Waals surface area contributed by atoms with Crippen LogP contribution in [0.1, 0.15) is 49.0 Å². The zero-order valence-electron chi connectivity index (χ0n) is 22.2. The third-order valence-electron chi connectivity index (χ3n) is 5.95. The van der Waals surface area contributed by atoms with E-state index in [4.69, 9.17) is 0 Å². The van der Waals surface area contributed by atoms with Gasteiger partial charge in [-0.1, -0.05) is 50.6 Å². The zero-order valence-corrected chi connectivity index (χ0v) is 23.1. The van der Waals surface area contributed by atoms with Crippen molar-refractivity contribution in [3.63, 3.8) is 0 Å². The molecule has 5 nitrogen and oxygen atoms in total. The van der Waals surface area contributed by atoms with Crippen LogP contribution in [0.3, 0.4) is 0 Å². The number of rotatable bonds is 4. The maximum Gasteiger partial charge on any atom is 0.150 e. The molecule has 1 saturated heterocycles. The third kappa shape index (κ3) is 7.49. The number of carbonyl (C=O) groups is 1. The first-order chi connectivity index (χ1) is 18.0. The summed E-state index contributed by atoms with van der Waals surface area (Å²) in [5.74, 6) is 0.745. The van der Waals surface area contributed by atoms with Gasteiger partial charge in [-0.25, -0.2) is 4.21 Å². The molecule has 0 radical (unpaired) electrons. The Morgan fingerprint density at radius 3 is 2.41 bits per heavy atom. The first-order valence-corrected chi connectivity index (χ1v) is 14.1. The Hall–Kier alpha value is -3.51. The van der Waals surface area contributed by atoms with Gasteiger partial charge in [0.2, 0.25) is 0 Å². The molecular weight excluding hydrogens is 478 g/mol. The SMILES string of the molecule is CCC.CNc1ccc(C)c(-c2nccc3ccccc23)c1.O=Cc1ccc(N2CCCCS2=O)cc1. The number of aldehydes is 1. The number of nitrogens with one attached hydrogen (secondary N) is 1. The predicted octanol–water partition coefficient (Wildman–Crippen LogP) is 7.43. The fourth-order valence-corrected chi connectivity index (χ4v) is 5.39. The van der Waals surface area contributed by atoms with Crippen LogP contribution >= 0.6 is 0 Å². The van der Waals surface area contributed by atoms with Gasteiger partial charge in [0.1, 0.15) is 17.3 Å². The van der Waals surface area contributed by atoms with Crippen LogP contribution in [-0.2, 0) is 11.0 Å². The number of aromatic nitrogens is 1. The van der Waals surface area contributed by atoms with E-state index < -0.39 is 11.0 Å². The molecule has 0 spiro atoms. The molecule has 1 atom stereocenters. The van der Waals surface area contributed by atoms with Gasteiger partial charge in [0.05, 0.1) is 5.69 Å². The fraction of sp³-hybridized carbons (Fsp3) is 0.290. The molecule has 0 aliphatic carbocycles. The molecule has 0 amide bonds. The van der Waals surface area contributed by atoms with Crippen LogP contribution in [0, 0.1) is 6.92 Å². The molecule has 1 unspecified atom stereocenters. The number of anilines is 2. The fourth-order valence-electron chi connectivity index (χ4n) is 4.03. The lowest BCUT2D eigenvalue weighted by Gasteiger charge is -2.27. The number of aryl methyl sites for hydroxylation is 1. The molecule has 1 N–H and O–H groups in total. The summed E-state index contributed by atoms with van der Waals surface area (Å²) in [4.78, 5) is 15.1. The Morgan fingerprint density at radius 2 is 1.73 bits per heavy atom. The summed E-state index contributed by atoms with van der Waals surface area (Å²) < 4.78 is 13.6. The highest BCUT2D eigenvalue weighted by molar-refractivity contribution is 7.86. The molecule has 1 aliphatic rings. The Labute approximate surface area is 223 Å². The number of carbonyl (C=O) groups excluding carboxylic acids is 1. The van der Waals surface area contributed by atoms with Crippen LogP contribution in [0.15, 0.2) is 79.0 Å². The highest BCUT2D eigenvalue weighted by atomic mass is 32.2. The predicted molar refractivity (Wildman–Crippen MR) is 159 cm³/mol. The molecule has 6 heteroatoms. The summed E-state index contributed by atoms with van der Waals surface area (Å²) in [6.07, 6.45) is 6.07. The summed E-state index contributed by atoms with van der Waals surface area (Å²) >= 11 is 0. The Bertz CT molecular complexity index is 1320. The lowest BCUT2D eigenvalue weighted by Crippen LogP contribution is -2.32.